The predicted molar refractivity (Wildman–Crippen MR) is 108 cm³/mol. The lowest BCUT2D eigenvalue weighted by molar-refractivity contribution is 0.481. The lowest BCUT2D eigenvalue weighted by Crippen LogP contribution is -2.02. The van der Waals surface area contributed by atoms with E-state index in [4.69, 9.17) is 0 Å². The van der Waals surface area contributed by atoms with Crippen molar-refractivity contribution in [2.75, 3.05) is 5.32 Å². The third-order valence-corrected chi connectivity index (χ3v) is 4.58. The Morgan fingerprint density at radius 3 is 2.82 bits per heavy atom. The van der Waals surface area contributed by atoms with E-state index in [-0.39, 0.29) is 5.75 Å². The van der Waals surface area contributed by atoms with Crippen LogP contribution < -0.4 is 5.32 Å². The third kappa shape index (κ3) is 2.88. The van der Waals surface area contributed by atoms with Gasteiger partial charge in [-0.2, -0.15) is 5.10 Å². The number of hydrogen-bond donors (Lipinski definition) is 2. The van der Waals surface area contributed by atoms with Crippen molar-refractivity contribution in [3.05, 3.63) is 79.0 Å². The Balaban J connectivity index is 1.48. The van der Waals surface area contributed by atoms with E-state index in [2.05, 4.69) is 25.4 Å². The summed E-state index contributed by atoms with van der Waals surface area (Å²) in [7, 11) is 0. The number of aromatic nitrogens is 5. The minimum absolute atomic E-state index is 0.143. The maximum atomic E-state index is 10.2. The van der Waals surface area contributed by atoms with Gasteiger partial charge < -0.3 is 10.4 Å². The summed E-state index contributed by atoms with van der Waals surface area (Å²) >= 11 is 0. The van der Waals surface area contributed by atoms with Crippen molar-refractivity contribution in [3.8, 4) is 5.75 Å². The van der Waals surface area contributed by atoms with Crippen LogP contribution in [0.2, 0.25) is 0 Å². The molecule has 0 aliphatic carbocycles. The van der Waals surface area contributed by atoms with Crippen LogP contribution in [0.3, 0.4) is 0 Å². The SMILES string of the molecule is Oc1cccc2ncnc(Nc3ccc4c(cnn4Cc4ccccn4)c3)c12. The Morgan fingerprint density at radius 2 is 1.93 bits per heavy atom. The minimum atomic E-state index is 0.143. The fraction of sp³-hybridized carbons (Fsp3) is 0.0476. The van der Waals surface area contributed by atoms with Crippen LogP contribution in [0.25, 0.3) is 21.8 Å². The Morgan fingerprint density at radius 1 is 0.964 bits per heavy atom. The van der Waals surface area contributed by atoms with Gasteiger partial charge in [-0.1, -0.05) is 12.1 Å². The molecule has 0 spiro atoms. The van der Waals surface area contributed by atoms with Crippen LogP contribution in [0.1, 0.15) is 5.69 Å². The molecule has 0 radical (unpaired) electrons. The number of phenolic OH excluding ortho intramolecular Hbond substituents is 1. The summed E-state index contributed by atoms with van der Waals surface area (Å²) in [5.74, 6) is 0.702. The Kier molecular flexibility index (Phi) is 3.83. The monoisotopic (exact) mass is 368 g/mol. The highest BCUT2D eigenvalue weighted by Gasteiger charge is 2.10. The number of rotatable bonds is 4. The fourth-order valence-corrected chi connectivity index (χ4v) is 3.26. The van der Waals surface area contributed by atoms with E-state index in [9.17, 15) is 5.11 Å². The van der Waals surface area contributed by atoms with Crippen molar-refractivity contribution in [1.29, 1.82) is 0 Å². The zero-order valence-corrected chi connectivity index (χ0v) is 14.8. The molecule has 0 saturated carbocycles. The number of benzene rings is 2. The van der Waals surface area contributed by atoms with Gasteiger partial charge in [-0.3, -0.25) is 9.67 Å². The number of phenols is 1. The van der Waals surface area contributed by atoms with Crippen LogP contribution in [-0.4, -0.2) is 29.8 Å². The van der Waals surface area contributed by atoms with Crippen molar-refractivity contribution in [3.63, 3.8) is 0 Å². The quantitative estimate of drug-likeness (QED) is 0.501. The van der Waals surface area contributed by atoms with Crippen LogP contribution in [0.5, 0.6) is 5.75 Å². The summed E-state index contributed by atoms with van der Waals surface area (Å²) in [6.07, 6.45) is 5.09. The molecule has 3 aromatic heterocycles. The van der Waals surface area contributed by atoms with Crippen molar-refractivity contribution < 1.29 is 5.11 Å². The molecular formula is C21H16N6O. The largest absolute Gasteiger partial charge is 0.507 e. The number of hydrogen-bond acceptors (Lipinski definition) is 6. The van der Waals surface area contributed by atoms with Gasteiger partial charge in [0.05, 0.1) is 34.9 Å². The number of pyridine rings is 1. The van der Waals surface area contributed by atoms with Gasteiger partial charge in [0, 0.05) is 17.3 Å². The molecule has 5 rings (SSSR count). The standard InChI is InChI=1S/C21H16N6O/c28-19-6-3-5-17-20(19)21(24-13-23-17)26-15-7-8-18-14(10-15)11-25-27(18)12-16-4-1-2-9-22-16/h1-11,13,28H,12H2,(H,23,24,26). The van der Waals surface area contributed by atoms with Crippen molar-refractivity contribution in [2.24, 2.45) is 0 Å². The molecule has 136 valence electrons. The van der Waals surface area contributed by atoms with Gasteiger partial charge in [-0.05, 0) is 42.5 Å². The Labute approximate surface area is 160 Å². The molecule has 0 aliphatic rings. The normalized spacial score (nSPS) is 11.1. The van der Waals surface area contributed by atoms with Gasteiger partial charge in [0.25, 0.3) is 0 Å². The van der Waals surface area contributed by atoms with Gasteiger partial charge in [0.1, 0.15) is 17.9 Å². The first-order valence-electron chi connectivity index (χ1n) is 8.83. The van der Waals surface area contributed by atoms with Crippen molar-refractivity contribution >= 4 is 33.3 Å². The molecule has 0 saturated heterocycles. The fourth-order valence-electron chi connectivity index (χ4n) is 3.26. The summed E-state index contributed by atoms with van der Waals surface area (Å²) in [4.78, 5) is 12.9. The molecule has 5 aromatic rings. The second-order valence-electron chi connectivity index (χ2n) is 6.42. The molecule has 0 amide bonds. The molecule has 28 heavy (non-hydrogen) atoms. The Hall–Kier alpha value is -4.00. The van der Waals surface area contributed by atoms with Crippen LogP contribution in [0.15, 0.2) is 73.3 Å². The topological polar surface area (TPSA) is 88.8 Å². The average Bonchev–Trinajstić information content (AvgIpc) is 3.11. The van der Waals surface area contributed by atoms with E-state index in [1.807, 2.05) is 53.3 Å². The van der Waals surface area contributed by atoms with E-state index >= 15 is 0 Å². The molecule has 2 N–H and O–H groups in total. The lowest BCUT2D eigenvalue weighted by Gasteiger charge is -2.10. The zero-order chi connectivity index (χ0) is 18.9. The van der Waals surface area contributed by atoms with Gasteiger partial charge in [0.2, 0.25) is 0 Å². The molecule has 0 unspecified atom stereocenters. The van der Waals surface area contributed by atoms with E-state index in [0.29, 0.717) is 23.3 Å². The average molecular weight is 368 g/mol. The number of nitrogens with one attached hydrogen (secondary N) is 1. The first-order chi connectivity index (χ1) is 13.8. The highest BCUT2D eigenvalue weighted by atomic mass is 16.3. The van der Waals surface area contributed by atoms with Gasteiger partial charge >= 0.3 is 0 Å². The molecule has 0 atom stereocenters. The molecule has 0 aliphatic heterocycles. The maximum Gasteiger partial charge on any atom is 0.145 e. The van der Waals surface area contributed by atoms with Crippen LogP contribution in [-0.2, 0) is 6.54 Å². The highest BCUT2D eigenvalue weighted by Crippen LogP contribution is 2.31. The van der Waals surface area contributed by atoms with Crippen LogP contribution >= 0.6 is 0 Å². The second-order valence-corrected chi connectivity index (χ2v) is 6.42. The third-order valence-electron chi connectivity index (χ3n) is 4.58. The number of anilines is 2. The lowest BCUT2D eigenvalue weighted by atomic mass is 10.2. The summed E-state index contributed by atoms with van der Waals surface area (Å²) in [5, 5.41) is 19.6. The van der Waals surface area contributed by atoms with Crippen molar-refractivity contribution in [2.45, 2.75) is 6.54 Å². The van der Waals surface area contributed by atoms with Crippen molar-refractivity contribution in [1.82, 2.24) is 24.7 Å². The first-order valence-corrected chi connectivity index (χ1v) is 8.83. The molecule has 2 aromatic carbocycles. The molecule has 0 fully saturated rings. The van der Waals surface area contributed by atoms with E-state index in [1.54, 1.807) is 18.3 Å². The zero-order valence-electron chi connectivity index (χ0n) is 14.8. The summed E-state index contributed by atoms with van der Waals surface area (Å²) in [6, 6.07) is 17.1. The van der Waals surface area contributed by atoms with Crippen LogP contribution in [0.4, 0.5) is 11.5 Å². The molecule has 7 nitrogen and oxygen atoms in total. The van der Waals surface area contributed by atoms with Gasteiger partial charge in [0.15, 0.2) is 0 Å². The van der Waals surface area contributed by atoms with Gasteiger partial charge in [-0.15, -0.1) is 0 Å². The molecular weight excluding hydrogens is 352 g/mol. The summed E-state index contributed by atoms with van der Waals surface area (Å²) in [6.45, 7) is 0.613. The summed E-state index contributed by atoms with van der Waals surface area (Å²) < 4.78 is 1.92. The van der Waals surface area contributed by atoms with E-state index in [1.165, 1.54) is 6.33 Å². The van der Waals surface area contributed by atoms with Gasteiger partial charge in [-0.25, -0.2) is 9.97 Å². The number of nitrogens with zero attached hydrogens (tertiary/aromatic N) is 5. The van der Waals surface area contributed by atoms with E-state index < -0.39 is 0 Å². The second kappa shape index (κ2) is 6.62. The highest BCUT2D eigenvalue weighted by molar-refractivity contribution is 5.96. The first kappa shape index (κ1) is 16.2. The smallest absolute Gasteiger partial charge is 0.145 e. The molecule has 3 heterocycles. The summed E-state index contributed by atoms with van der Waals surface area (Å²) in [5.41, 5.74) is 3.51. The van der Waals surface area contributed by atoms with E-state index in [0.717, 1.165) is 22.3 Å². The number of aromatic hydroxyl groups is 1. The molecule has 0 bridgehead atoms. The van der Waals surface area contributed by atoms with Crippen LogP contribution in [0, 0.1) is 0 Å². The minimum Gasteiger partial charge on any atom is -0.507 e. The number of fused-ring (bicyclic) bond motifs is 2. The predicted octanol–water partition coefficient (Wildman–Crippen LogP) is 3.87. The maximum absolute atomic E-state index is 10.2. The Bertz CT molecular complexity index is 1280. The molecule has 7 heteroatoms.